The van der Waals surface area contributed by atoms with Crippen LogP contribution in [0.15, 0.2) is 0 Å². The summed E-state index contributed by atoms with van der Waals surface area (Å²) < 4.78 is 0. The van der Waals surface area contributed by atoms with Crippen LogP contribution in [-0.4, -0.2) is 25.2 Å². The van der Waals surface area contributed by atoms with Crippen molar-refractivity contribution >= 4 is 0 Å². The molecule has 0 bridgehead atoms. The molecular formula is C8H18N2. The molecular weight excluding hydrogens is 124 g/mol. The number of hydrogen-bond acceptors (Lipinski definition) is 2. The minimum Gasteiger partial charge on any atom is -0.316 e. The number of rotatable bonds is 4. The molecule has 0 radical (unpaired) electrons. The fraction of sp³-hybridized carbons (Fsp3) is 1.00. The average molecular weight is 142 g/mol. The summed E-state index contributed by atoms with van der Waals surface area (Å²) in [5.41, 5.74) is 0.491. The molecule has 1 fully saturated rings. The second-order valence-electron chi connectivity index (χ2n) is 3.63. The van der Waals surface area contributed by atoms with Crippen molar-refractivity contribution in [3.05, 3.63) is 0 Å². The quantitative estimate of drug-likeness (QED) is 0.605. The third kappa shape index (κ3) is 2.27. The lowest BCUT2D eigenvalue weighted by Crippen LogP contribution is -2.39. The van der Waals surface area contributed by atoms with E-state index in [4.69, 9.17) is 0 Å². The summed E-state index contributed by atoms with van der Waals surface area (Å²) in [7, 11) is 2.00. The van der Waals surface area contributed by atoms with E-state index in [1.807, 2.05) is 7.05 Å². The van der Waals surface area contributed by atoms with Gasteiger partial charge in [0.1, 0.15) is 0 Å². The van der Waals surface area contributed by atoms with E-state index in [9.17, 15) is 0 Å². The van der Waals surface area contributed by atoms with Crippen molar-refractivity contribution in [1.29, 1.82) is 0 Å². The van der Waals surface area contributed by atoms with E-state index in [2.05, 4.69) is 24.5 Å². The van der Waals surface area contributed by atoms with E-state index in [0.29, 0.717) is 11.6 Å². The van der Waals surface area contributed by atoms with Gasteiger partial charge in [0, 0.05) is 18.1 Å². The monoisotopic (exact) mass is 142 g/mol. The van der Waals surface area contributed by atoms with E-state index in [-0.39, 0.29) is 0 Å². The molecule has 0 spiro atoms. The Bertz CT molecular complexity index is 108. The molecule has 10 heavy (non-hydrogen) atoms. The first-order chi connectivity index (χ1) is 4.66. The van der Waals surface area contributed by atoms with Gasteiger partial charge in [-0.3, -0.25) is 0 Å². The molecule has 0 aliphatic heterocycles. The lowest BCUT2D eigenvalue weighted by Gasteiger charge is -2.15. The Morgan fingerprint density at radius 3 is 2.50 bits per heavy atom. The fourth-order valence-electron chi connectivity index (χ4n) is 0.866. The lowest BCUT2D eigenvalue weighted by molar-refractivity contribution is 0.473. The van der Waals surface area contributed by atoms with Crippen molar-refractivity contribution < 1.29 is 0 Å². The van der Waals surface area contributed by atoms with Gasteiger partial charge in [-0.25, -0.2) is 0 Å². The van der Waals surface area contributed by atoms with E-state index in [1.54, 1.807) is 0 Å². The largest absolute Gasteiger partial charge is 0.316 e. The molecule has 60 valence electrons. The highest BCUT2D eigenvalue weighted by Crippen LogP contribution is 2.33. The van der Waals surface area contributed by atoms with Gasteiger partial charge in [0.15, 0.2) is 0 Å². The summed E-state index contributed by atoms with van der Waals surface area (Å²) in [5.74, 6) is 0. The summed E-state index contributed by atoms with van der Waals surface area (Å²) in [4.78, 5) is 0. The predicted molar refractivity (Wildman–Crippen MR) is 44.2 cm³/mol. The third-order valence-corrected chi connectivity index (χ3v) is 2.33. The maximum atomic E-state index is 3.52. The maximum Gasteiger partial charge on any atom is 0.0161 e. The Labute approximate surface area is 63.4 Å². The fourth-order valence-corrected chi connectivity index (χ4v) is 0.866. The topological polar surface area (TPSA) is 24.1 Å². The molecule has 0 aromatic rings. The van der Waals surface area contributed by atoms with Crippen LogP contribution >= 0.6 is 0 Å². The van der Waals surface area contributed by atoms with Crippen LogP contribution in [0.4, 0.5) is 0 Å². The Morgan fingerprint density at radius 2 is 2.10 bits per heavy atom. The van der Waals surface area contributed by atoms with Crippen LogP contribution in [0.5, 0.6) is 0 Å². The van der Waals surface area contributed by atoms with Gasteiger partial charge in [0.2, 0.25) is 0 Å². The summed E-state index contributed by atoms with van der Waals surface area (Å²) in [6, 6.07) is 0.595. The zero-order valence-electron chi connectivity index (χ0n) is 7.20. The van der Waals surface area contributed by atoms with Crippen molar-refractivity contribution in [3.8, 4) is 0 Å². The molecule has 1 unspecified atom stereocenters. The van der Waals surface area contributed by atoms with Crippen LogP contribution in [0, 0.1) is 0 Å². The van der Waals surface area contributed by atoms with E-state index in [1.165, 1.54) is 12.8 Å². The second-order valence-corrected chi connectivity index (χ2v) is 3.63. The Kier molecular flexibility index (Phi) is 2.32. The molecule has 1 aliphatic carbocycles. The first-order valence-corrected chi connectivity index (χ1v) is 4.08. The normalized spacial score (nSPS) is 24.3. The van der Waals surface area contributed by atoms with Crippen molar-refractivity contribution in [2.45, 2.75) is 38.3 Å². The zero-order valence-corrected chi connectivity index (χ0v) is 7.20. The number of likely N-dealkylation sites (N-methyl/N-ethyl adjacent to an activating group) is 1. The van der Waals surface area contributed by atoms with Gasteiger partial charge in [-0.05, 0) is 33.7 Å². The Morgan fingerprint density at radius 1 is 1.50 bits per heavy atom. The Balaban J connectivity index is 2.04. The van der Waals surface area contributed by atoms with Crippen molar-refractivity contribution in [1.82, 2.24) is 10.6 Å². The molecule has 2 nitrogen and oxygen atoms in total. The third-order valence-electron chi connectivity index (χ3n) is 2.33. The van der Waals surface area contributed by atoms with Crippen molar-refractivity contribution in [2.24, 2.45) is 0 Å². The molecule has 1 atom stereocenters. The maximum absolute atomic E-state index is 3.52. The second kappa shape index (κ2) is 2.89. The molecule has 0 saturated heterocycles. The van der Waals surface area contributed by atoms with Crippen LogP contribution in [0.1, 0.15) is 26.7 Å². The van der Waals surface area contributed by atoms with Crippen LogP contribution < -0.4 is 10.6 Å². The lowest BCUT2D eigenvalue weighted by atomic mass is 10.3. The molecule has 0 amide bonds. The molecule has 1 aliphatic rings. The van der Waals surface area contributed by atoms with E-state index in [0.717, 1.165) is 6.54 Å². The van der Waals surface area contributed by atoms with Gasteiger partial charge >= 0.3 is 0 Å². The minimum absolute atomic E-state index is 0.491. The summed E-state index contributed by atoms with van der Waals surface area (Å²) >= 11 is 0. The molecule has 2 N–H and O–H groups in total. The highest BCUT2D eigenvalue weighted by atomic mass is 15.0. The summed E-state index contributed by atoms with van der Waals surface area (Å²) in [6.07, 6.45) is 2.70. The van der Waals surface area contributed by atoms with Crippen molar-refractivity contribution in [2.75, 3.05) is 13.6 Å². The van der Waals surface area contributed by atoms with Gasteiger partial charge in [0.05, 0.1) is 0 Å². The highest BCUT2D eigenvalue weighted by Gasteiger charge is 2.36. The number of nitrogens with one attached hydrogen (secondary N) is 2. The molecule has 1 rings (SSSR count). The number of hydrogen-bond donors (Lipinski definition) is 2. The first kappa shape index (κ1) is 8.02. The van der Waals surface area contributed by atoms with Gasteiger partial charge in [-0.15, -0.1) is 0 Å². The minimum atomic E-state index is 0.491. The smallest absolute Gasteiger partial charge is 0.0161 e. The van der Waals surface area contributed by atoms with Gasteiger partial charge in [0.25, 0.3) is 0 Å². The van der Waals surface area contributed by atoms with Crippen LogP contribution in [0.3, 0.4) is 0 Å². The predicted octanol–water partition coefficient (Wildman–Crippen LogP) is 0.736. The summed E-state index contributed by atoms with van der Waals surface area (Å²) in [5, 5.41) is 6.72. The Hall–Kier alpha value is -0.0800. The van der Waals surface area contributed by atoms with E-state index < -0.39 is 0 Å². The molecule has 0 heterocycles. The molecule has 1 saturated carbocycles. The summed E-state index contributed by atoms with van der Waals surface area (Å²) in [6.45, 7) is 5.57. The standard InChI is InChI=1S/C8H18N2/c1-7(9-3)6-10-8(2)4-5-8/h7,9-10H,4-6H2,1-3H3. The van der Waals surface area contributed by atoms with Crippen LogP contribution in [-0.2, 0) is 0 Å². The molecule has 2 heteroatoms. The van der Waals surface area contributed by atoms with Gasteiger partial charge in [-0.1, -0.05) is 0 Å². The van der Waals surface area contributed by atoms with Gasteiger partial charge in [-0.2, -0.15) is 0 Å². The highest BCUT2D eigenvalue weighted by molar-refractivity contribution is 4.97. The SMILES string of the molecule is CNC(C)CNC1(C)CC1. The molecule has 0 aromatic heterocycles. The molecule has 0 aromatic carbocycles. The van der Waals surface area contributed by atoms with Crippen LogP contribution in [0.2, 0.25) is 0 Å². The van der Waals surface area contributed by atoms with Crippen molar-refractivity contribution in [3.63, 3.8) is 0 Å². The zero-order chi connectivity index (χ0) is 7.61. The van der Waals surface area contributed by atoms with E-state index >= 15 is 0 Å². The first-order valence-electron chi connectivity index (χ1n) is 4.08. The average Bonchev–Trinajstić information content (AvgIpc) is 2.64. The van der Waals surface area contributed by atoms with Crippen LogP contribution in [0.25, 0.3) is 0 Å². The van der Waals surface area contributed by atoms with Gasteiger partial charge < -0.3 is 10.6 Å².